The number of nitrogens with one attached hydrogen (secondary N) is 1. The van der Waals surface area contributed by atoms with E-state index >= 15 is 0 Å². The number of amides is 1. The van der Waals surface area contributed by atoms with E-state index in [9.17, 15) is 4.79 Å². The molecule has 0 saturated heterocycles. The summed E-state index contributed by atoms with van der Waals surface area (Å²) in [5.41, 5.74) is 2.38. The first-order chi connectivity index (χ1) is 9.04. The Balaban J connectivity index is 1.91. The summed E-state index contributed by atoms with van der Waals surface area (Å²) in [6.07, 6.45) is 0. The largest absolute Gasteiger partial charge is 0.360 e. The first-order valence-electron chi connectivity index (χ1n) is 5.98. The molecule has 19 heavy (non-hydrogen) atoms. The molecule has 1 aromatic carbocycles. The molecule has 1 heterocycles. The van der Waals surface area contributed by atoms with Crippen LogP contribution in [0.1, 0.15) is 16.9 Å². The predicted molar refractivity (Wildman–Crippen MR) is 76.5 cm³/mol. The van der Waals surface area contributed by atoms with Gasteiger partial charge in [0.05, 0.1) is 5.75 Å². The van der Waals surface area contributed by atoms with Gasteiger partial charge in [-0.3, -0.25) is 4.79 Å². The topological polar surface area (TPSA) is 55.1 Å². The second kappa shape index (κ2) is 5.93. The third-order valence-corrected chi connectivity index (χ3v) is 3.76. The van der Waals surface area contributed by atoms with Crippen LogP contribution < -0.4 is 5.32 Å². The van der Waals surface area contributed by atoms with Gasteiger partial charge in [0.2, 0.25) is 5.91 Å². The average molecular weight is 276 g/mol. The van der Waals surface area contributed by atoms with E-state index in [0.29, 0.717) is 17.3 Å². The quantitative estimate of drug-likeness (QED) is 0.870. The Kier molecular flexibility index (Phi) is 4.27. The lowest BCUT2D eigenvalue weighted by Gasteiger charge is -2.06. The monoisotopic (exact) mass is 276 g/mol. The van der Waals surface area contributed by atoms with Crippen LogP contribution >= 0.6 is 11.8 Å². The minimum atomic E-state index is -0.0841. The lowest BCUT2D eigenvalue weighted by Crippen LogP contribution is -2.14. The number of carbonyl (C=O) groups excluding carboxylic acids is 1. The van der Waals surface area contributed by atoms with E-state index in [1.807, 2.05) is 13.8 Å². The Morgan fingerprint density at radius 2 is 2.11 bits per heavy atom. The highest BCUT2D eigenvalue weighted by Gasteiger charge is 2.08. The van der Waals surface area contributed by atoms with Crippen molar-refractivity contribution in [2.45, 2.75) is 25.7 Å². The fourth-order valence-corrected chi connectivity index (χ4v) is 2.53. The van der Waals surface area contributed by atoms with Gasteiger partial charge in [-0.1, -0.05) is 22.9 Å². The summed E-state index contributed by atoms with van der Waals surface area (Å²) in [5.74, 6) is 1.41. The van der Waals surface area contributed by atoms with Crippen molar-refractivity contribution in [3.05, 3.63) is 41.2 Å². The number of aromatic nitrogens is 1. The second-order valence-electron chi connectivity index (χ2n) is 4.43. The number of rotatable bonds is 4. The number of hydrogen-bond acceptors (Lipinski definition) is 4. The molecule has 0 aliphatic carbocycles. The van der Waals surface area contributed by atoms with E-state index in [4.69, 9.17) is 4.52 Å². The van der Waals surface area contributed by atoms with Crippen molar-refractivity contribution in [3.8, 4) is 0 Å². The van der Waals surface area contributed by atoms with Crippen molar-refractivity contribution in [1.29, 1.82) is 0 Å². The van der Waals surface area contributed by atoms with Crippen LogP contribution in [-0.4, -0.2) is 16.8 Å². The maximum Gasteiger partial charge on any atom is 0.235 e. The number of nitrogens with zero attached hydrogens (tertiary/aromatic N) is 1. The van der Waals surface area contributed by atoms with Crippen molar-refractivity contribution in [2.75, 3.05) is 11.1 Å². The van der Waals surface area contributed by atoms with Gasteiger partial charge in [-0.05, 0) is 32.4 Å². The smallest absolute Gasteiger partial charge is 0.235 e. The van der Waals surface area contributed by atoms with Crippen LogP contribution in [0.2, 0.25) is 0 Å². The number of anilines is 1. The van der Waals surface area contributed by atoms with Crippen LogP contribution in [0.25, 0.3) is 0 Å². The van der Waals surface area contributed by atoms with Gasteiger partial charge in [-0.25, -0.2) is 0 Å². The van der Waals surface area contributed by atoms with Crippen molar-refractivity contribution in [2.24, 2.45) is 0 Å². The van der Waals surface area contributed by atoms with Gasteiger partial charge < -0.3 is 9.84 Å². The van der Waals surface area contributed by atoms with E-state index in [1.54, 1.807) is 13.0 Å². The molecule has 1 N–H and O–H groups in total. The van der Waals surface area contributed by atoms with Crippen LogP contribution in [0.3, 0.4) is 0 Å². The van der Waals surface area contributed by atoms with E-state index < -0.39 is 0 Å². The van der Waals surface area contributed by atoms with Crippen LogP contribution in [0.4, 0.5) is 5.82 Å². The number of aryl methyl sites for hydroxylation is 3. The van der Waals surface area contributed by atoms with Gasteiger partial charge in [-0.15, -0.1) is 11.8 Å². The molecule has 0 atom stereocenters. The Labute approximate surface area is 116 Å². The number of carbonyl (C=O) groups is 1. The molecule has 1 amide bonds. The zero-order valence-corrected chi connectivity index (χ0v) is 12.0. The Morgan fingerprint density at radius 3 is 2.79 bits per heavy atom. The molecule has 0 bridgehead atoms. The molecule has 0 radical (unpaired) electrons. The minimum absolute atomic E-state index is 0.0841. The third kappa shape index (κ3) is 3.86. The fourth-order valence-electron chi connectivity index (χ4n) is 1.61. The normalized spacial score (nSPS) is 10.5. The fraction of sp³-hybridized carbons (Fsp3) is 0.286. The molecule has 0 unspecified atom stereocenters. The third-order valence-electron chi connectivity index (χ3n) is 2.60. The molecule has 4 nitrogen and oxygen atoms in total. The average Bonchev–Trinajstić information content (AvgIpc) is 2.76. The van der Waals surface area contributed by atoms with E-state index in [2.05, 4.69) is 28.7 Å². The van der Waals surface area contributed by atoms with Crippen molar-refractivity contribution >= 4 is 23.5 Å². The minimum Gasteiger partial charge on any atom is -0.360 e. The van der Waals surface area contributed by atoms with Gasteiger partial charge >= 0.3 is 0 Å². The summed E-state index contributed by atoms with van der Waals surface area (Å²) in [5, 5.41) is 6.43. The SMILES string of the molecule is Cc1ccc(C)c(SCC(=O)Nc2cc(C)on2)c1. The standard InChI is InChI=1S/C14H16N2O2S/c1-9-4-5-10(2)12(6-9)19-8-14(17)15-13-7-11(3)18-16-13/h4-7H,8H2,1-3H3,(H,15,16,17). The Bertz CT molecular complexity index is 593. The summed E-state index contributed by atoms with van der Waals surface area (Å²) < 4.78 is 4.89. The highest BCUT2D eigenvalue weighted by molar-refractivity contribution is 8.00. The van der Waals surface area contributed by atoms with Gasteiger partial charge in [0.1, 0.15) is 5.76 Å². The molecule has 2 aromatic rings. The van der Waals surface area contributed by atoms with Gasteiger partial charge in [0, 0.05) is 11.0 Å². The highest BCUT2D eigenvalue weighted by Crippen LogP contribution is 2.23. The highest BCUT2D eigenvalue weighted by atomic mass is 32.2. The predicted octanol–water partition coefficient (Wildman–Crippen LogP) is 3.33. The van der Waals surface area contributed by atoms with Gasteiger partial charge in [-0.2, -0.15) is 0 Å². The summed E-state index contributed by atoms with van der Waals surface area (Å²) in [6, 6.07) is 7.92. The number of thioether (sulfide) groups is 1. The van der Waals surface area contributed by atoms with Gasteiger partial charge in [0.15, 0.2) is 5.82 Å². The Hall–Kier alpha value is -1.75. The zero-order chi connectivity index (χ0) is 13.8. The molecule has 2 rings (SSSR count). The molecule has 100 valence electrons. The first-order valence-corrected chi connectivity index (χ1v) is 6.96. The molecule has 0 aliphatic heterocycles. The van der Waals surface area contributed by atoms with Crippen molar-refractivity contribution in [1.82, 2.24) is 5.16 Å². The van der Waals surface area contributed by atoms with Crippen LogP contribution in [-0.2, 0) is 4.79 Å². The molecular formula is C14H16N2O2S. The van der Waals surface area contributed by atoms with Gasteiger partial charge in [0.25, 0.3) is 0 Å². The van der Waals surface area contributed by atoms with Crippen LogP contribution in [0.5, 0.6) is 0 Å². The summed E-state index contributed by atoms with van der Waals surface area (Å²) in [4.78, 5) is 12.9. The van der Waals surface area contributed by atoms with Crippen molar-refractivity contribution in [3.63, 3.8) is 0 Å². The molecule has 5 heteroatoms. The first kappa shape index (κ1) is 13.7. The van der Waals surface area contributed by atoms with E-state index in [0.717, 1.165) is 4.90 Å². The lowest BCUT2D eigenvalue weighted by molar-refractivity contribution is -0.113. The Morgan fingerprint density at radius 1 is 1.32 bits per heavy atom. The number of hydrogen-bond donors (Lipinski definition) is 1. The molecule has 0 aliphatic rings. The molecule has 0 saturated carbocycles. The zero-order valence-electron chi connectivity index (χ0n) is 11.2. The maximum absolute atomic E-state index is 11.8. The summed E-state index contributed by atoms with van der Waals surface area (Å²) >= 11 is 1.52. The summed E-state index contributed by atoms with van der Waals surface area (Å²) in [6.45, 7) is 5.87. The molecule has 1 aromatic heterocycles. The van der Waals surface area contributed by atoms with Crippen LogP contribution in [0.15, 0.2) is 33.7 Å². The summed E-state index contributed by atoms with van der Waals surface area (Å²) in [7, 11) is 0. The maximum atomic E-state index is 11.8. The second-order valence-corrected chi connectivity index (χ2v) is 5.45. The molecule has 0 fully saturated rings. The molecule has 0 spiro atoms. The number of benzene rings is 1. The molecular weight excluding hydrogens is 260 g/mol. The van der Waals surface area contributed by atoms with Crippen molar-refractivity contribution < 1.29 is 9.32 Å². The van der Waals surface area contributed by atoms with E-state index in [-0.39, 0.29) is 5.91 Å². The van der Waals surface area contributed by atoms with E-state index in [1.165, 1.54) is 22.9 Å². The van der Waals surface area contributed by atoms with Crippen LogP contribution in [0, 0.1) is 20.8 Å². The lowest BCUT2D eigenvalue weighted by atomic mass is 10.2.